The third-order valence-electron chi connectivity index (χ3n) is 3.19. The Bertz CT molecular complexity index is 250. The van der Waals surface area contributed by atoms with Crippen molar-refractivity contribution in [2.45, 2.75) is 51.1 Å². The maximum Gasteiger partial charge on any atom is 0.0672 e. The van der Waals surface area contributed by atoms with Crippen molar-refractivity contribution in [3.8, 4) is 0 Å². The van der Waals surface area contributed by atoms with Gasteiger partial charge in [0.2, 0.25) is 0 Å². The average molecular weight is 257 g/mol. The number of hydrogen-bond donors (Lipinski definition) is 1. The van der Waals surface area contributed by atoms with E-state index in [0.29, 0.717) is 6.04 Å². The van der Waals surface area contributed by atoms with Crippen molar-refractivity contribution >= 4 is 8.07 Å². The van der Waals surface area contributed by atoms with Crippen LogP contribution in [0.2, 0.25) is 25.7 Å². The quantitative estimate of drug-likeness (QED) is 0.561. The van der Waals surface area contributed by atoms with Crippen molar-refractivity contribution in [1.82, 2.24) is 4.90 Å². The molecule has 0 saturated carbocycles. The average Bonchev–Trinajstić information content (AvgIpc) is 2.70. The molecule has 1 heterocycles. The van der Waals surface area contributed by atoms with Crippen molar-refractivity contribution in [2.75, 3.05) is 19.8 Å². The minimum atomic E-state index is -0.974. The van der Waals surface area contributed by atoms with Crippen LogP contribution in [0.5, 0.6) is 0 Å². The van der Waals surface area contributed by atoms with Crippen LogP contribution in [0.4, 0.5) is 0 Å². The van der Waals surface area contributed by atoms with Gasteiger partial charge in [0, 0.05) is 20.7 Å². The summed E-state index contributed by atoms with van der Waals surface area (Å²) in [5.41, 5.74) is 0. The van der Waals surface area contributed by atoms with Crippen molar-refractivity contribution in [3.05, 3.63) is 12.3 Å². The van der Waals surface area contributed by atoms with Gasteiger partial charge in [-0.25, -0.2) is 0 Å². The van der Waals surface area contributed by atoms with Crippen LogP contribution in [-0.4, -0.2) is 50.0 Å². The van der Waals surface area contributed by atoms with Gasteiger partial charge in [-0.2, -0.15) is 0 Å². The molecule has 17 heavy (non-hydrogen) atoms. The zero-order valence-electron chi connectivity index (χ0n) is 11.6. The van der Waals surface area contributed by atoms with Crippen molar-refractivity contribution in [1.29, 1.82) is 0 Å². The molecule has 0 radical (unpaired) electrons. The predicted molar refractivity (Wildman–Crippen MR) is 74.9 cm³/mol. The monoisotopic (exact) mass is 257 g/mol. The van der Waals surface area contributed by atoms with Crippen LogP contribution >= 0.6 is 0 Å². The van der Waals surface area contributed by atoms with Gasteiger partial charge in [0.05, 0.1) is 19.3 Å². The van der Waals surface area contributed by atoms with Gasteiger partial charge in [-0.15, -0.1) is 0 Å². The van der Waals surface area contributed by atoms with Crippen LogP contribution in [0.25, 0.3) is 0 Å². The number of ether oxygens (including phenoxy) is 1. The molecule has 1 rings (SSSR count). The molecule has 1 aliphatic heterocycles. The van der Waals surface area contributed by atoms with Gasteiger partial charge in [-0.1, -0.05) is 25.7 Å². The fourth-order valence-corrected chi connectivity index (χ4v) is 2.69. The lowest BCUT2D eigenvalue weighted by molar-refractivity contribution is 0.0662. The van der Waals surface area contributed by atoms with Gasteiger partial charge in [-0.05, 0) is 25.6 Å². The first-order valence-electron chi connectivity index (χ1n) is 6.57. The molecule has 1 N–H and O–H groups in total. The lowest BCUT2D eigenvalue weighted by Crippen LogP contribution is -2.39. The van der Waals surface area contributed by atoms with Gasteiger partial charge in [0.1, 0.15) is 0 Å². The molecule has 0 aliphatic carbocycles. The van der Waals surface area contributed by atoms with Crippen molar-refractivity contribution in [2.24, 2.45) is 0 Å². The molecule has 2 atom stereocenters. The minimum absolute atomic E-state index is 0.194. The Morgan fingerprint density at radius 1 is 1.47 bits per heavy atom. The Morgan fingerprint density at radius 2 is 2.18 bits per heavy atom. The number of aliphatic hydroxyl groups is 1. The minimum Gasteiger partial charge on any atom is -0.394 e. The van der Waals surface area contributed by atoms with Crippen molar-refractivity contribution < 1.29 is 9.84 Å². The van der Waals surface area contributed by atoms with E-state index < -0.39 is 8.07 Å². The molecule has 0 fully saturated rings. The maximum absolute atomic E-state index is 9.18. The Balaban J connectivity index is 2.23. The molecule has 0 aromatic heterocycles. The Kier molecular flexibility index (Phi) is 5.69. The Morgan fingerprint density at radius 3 is 2.76 bits per heavy atom. The second kappa shape index (κ2) is 6.57. The number of aliphatic hydroxyl groups excluding tert-OH is 1. The molecule has 0 spiro atoms. The zero-order chi connectivity index (χ0) is 12.9. The van der Waals surface area contributed by atoms with E-state index in [0.717, 1.165) is 19.6 Å². The molecule has 2 unspecified atom stereocenters. The lowest BCUT2D eigenvalue weighted by Gasteiger charge is -2.30. The van der Waals surface area contributed by atoms with E-state index in [1.54, 1.807) is 0 Å². The van der Waals surface area contributed by atoms with Gasteiger partial charge in [0.15, 0.2) is 0 Å². The van der Waals surface area contributed by atoms with Crippen LogP contribution in [-0.2, 0) is 4.74 Å². The largest absolute Gasteiger partial charge is 0.394 e. The molecule has 0 aromatic rings. The molecule has 1 aliphatic rings. The first-order valence-corrected chi connectivity index (χ1v) is 10.3. The summed E-state index contributed by atoms with van der Waals surface area (Å²) in [6.07, 6.45) is 5.30. The normalized spacial score (nSPS) is 22.2. The van der Waals surface area contributed by atoms with E-state index in [1.807, 2.05) is 6.92 Å². The maximum atomic E-state index is 9.18. The zero-order valence-corrected chi connectivity index (χ0v) is 12.6. The van der Waals surface area contributed by atoms with Crippen LogP contribution < -0.4 is 0 Å². The van der Waals surface area contributed by atoms with Crippen LogP contribution in [0.15, 0.2) is 12.3 Å². The SMILES string of the molecule is CC(CO)N1C=CCC1COCC[Si](C)(C)C. The fourth-order valence-electron chi connectivity index (χ4n) is 1.94. The molecule has 100 valence electrons. The first kappa shape index (κ1) is 14.7. The fraction of sp³-hybridized carbons (Fsp3) is 0.846. The van der Waals surface area contributed by atoms with Gasteiger partial charge in [-0.3, -0.25) is 0 Å². The van der Waals surface area contributed by atoms with Crippen molar-refractivity contribution in [3.63, 3.8) is 0 Å². The highest BCUT2D eigenvalue weighted by molar-refractivity contribution is 6.76. The topological polar surface area (TPSA) is 32.7 Å². The Labute approximate surface area is 106 Å². The highest BCUT2D eigenvalue weighted by atomic mass is 28.3. The number of hydrogen-bond acceptors (Lipinski definition) is 3. The predicted octanol–water partition coefficient (Wildman–Crippen LogP) is 2.31. The molecule has 0 bridgehead atoms. The first-order chi connectivity index (χ1) is 7.94. The van der Waals surface area contributed by atoms with E-state index in [1.165, 1.54) is 6.04 Å². The number of rotatable bonds is 7. The standard InChI is InChI=1S/C13H27NO2Si/c1-12(10-15)14-7-5-6-13(14)11-16-8-9-17(2,3)4/h5,7,12-13,15H,6,8-11H2,1-4H3. The second-order valence-corrected chi connectivity index (χ2v) is 11.8. The van der Waals surface area contributed by atoms with Crippen LogP contribution in [0.1, 0.15) is 13.3 Å². The third kappa shape index (κ3) is 5.23. The van der Waals surface area contributed by atoms with E-state index >= 15 is 0 Å². The number of nitrogens with zero attached hydrogens (tertiary/aromatic N) is 1. The van der Waals surface area contributed by atoms with Gasteiger partial charge < -0.3 is 14.7 Å². The van der Waals surface area contributed by atoms with E-state index in [-0.39, 0.29) is 12.6 Å². The highest BCUT2D eigenvalue weighted by Crippen LogP contribution is 2.18. The molecular weight excluding hydrogens is 230 g/mol. The van der Waals surface area contributed by atoms with Gasteiger partial charge in [0.25, 0.3) is 0 Å². The summed E-state index contributed by atoms with van der Waals surface area (Å²) < 4.78 is 5.79. The second-order valence-electron chi connectivity index (χ2n) is 6.14. The molecule has 0 aromatic carbocycles. The van der Waals surface area contributed by atoms with E-state index in [2.05, 4.69) is 36.8 Å². The molecule has 0 saturated heterocycles. The Hall–Kier alpha value is -0.323. The summed E-state index contributed by atoms with van der Waals surface area (Å²) in [5, 5.41) is 9.18. The van der Waals surface area contributed by atoms with Gasteiger partial charge >= 0.3 is 0 Å². The summed E-state index contributed by atoms with van der Waals surface area (Å²) >= 11 is 0. The molecular formula is C13H27NO2Si. The third-order valence-corrected chi connectivity index (χ3v) is 4.89. The smallest absolute Gasteiger partial charge is 0.0672 e. The highest BCUT2D eigenvalue weighted by Gasteiger charge is 2.23. The summed E-state index contributed by atoms with van der Waals surface area (Å²) in [7, 11) is -0.974. The van der Waals surface area contributed by atoms with E-state index in [4.69, 9.17) is 4.74 Å². The summed E-state index contributed by atoms with van der Waals surface area (Å²) in [4.78, 5) is 2.22. The molecule has 3 nitrogen and oxygen atoms in total. The summed E-state index contributed by atoms with van der Waals surface area (Å²) in [6.45, 7) is 11.0. The lowest BCUT2D eigenvalue weighted by atomic mass is 10.2. The summed E-state index contributed by atoms with van der Waals surface area (Å²) in [5.74, 6) is 0. The molecule has 0 amide bonds. The van der Waals surface area contributed by atoms with E-state index in [9.17, 15) is 5.11 Å². The summed E-state index contributed by atoms with van der Waals surface area (Å²) in [6, 6.07) is 1.83. The molecule has 4 heteroatoms. The van der Waals surface area contributed by atoms with Crippen LogP contribution in [0.3, 0.4) is 0 Å². The van der Waals surface area contributed by atoms with Crippen LogP contribution in [0, 0.1) is 0 Å².